The van der Waals surface area contributed by atoms with E-state index in [1.54, 1.807) is 6.07 Å². The van der Waals surface area contributed by atoms with Crippen molar-refractivity contribution >= 4 is 17.5 Å². The zero-order valence-corrected chi connectivity index (χ0v) is 15.8. The number of nitrogens with zero attached hydrogens (tertiary/aromatic N) is 1. The van der Waals surface area contributed by atoms with Gasteiger partial charge in [-0.05, 0) is 49.8 Å². The van der Waals surface area contributed by atoms with Crippen LogP contribution in [0.15, 0.2) is 40.8 Å². The summed E-state index contributed by atoms with van der Waals surface area (Å²) >= 11 is 0. The summed E-state index contributed by atoms with van der Waals surface area (Å²) in [5, 5.41) is 5.67. The van der Waals surface area contributed by atoms with E-state index in [1.165, 1.54) is 6.92 Å². The van der Waals surface area contributed by atoms with Crippen molar-refractivity contribution in [1.82, 2.24) is 10.2 Å². The molecule has 0 bridgehead atoms. The average Bonchev–Trinajstić information content (AvgIpc) is 3.08. The molecule has 2 rings (SSSR count). The molecule has 0 unspecified atom stereocenters. The van der Waals surface area contributed by atoms with Gasteiger partial charge in [-0.2, -0.15) is 0 Å². The van der Waals surface area contributed by atoms with Crippen LogP contribution in [0.2, 0.25) is 0 Å². The second-order valence-electron chi connectivity index (χ2n) is 6.23. The smallest absolute Gasteiger partial charge is 0.287 e. The normalized spacial score (nSPS) is 12.0. The van der Waals surface area contributed by atoms with Crippen LogP contribution in [-0.4, -0.2) is 29.8 Å². The lowest BCUT2D eigenvalue weighted by atomic mass is 10.1. The fourth-order valence-electron chi connectivity index (χ4n) is 2.69. The summed E-state index contributed by atoms with van der Waals surface area (Å²) in [6.45, 7) is 10.1. The van der Waals surface area contributed by atoms with Gasteiger partial charge in [-0.25, -0.2) is 0 Å². The lowest BCUT2D eigenvalue weighted by Gasteiger charge is -2.16. The number of rotatable bonds is 8. The van der Waals surface area contributed by atoms with E-state index >= 15 is 0 Å². The maximum Gasteiger partial charge on any atom is 0.287 e. The first-order valence-electron chi connectivity index (χ1n) is 8.92. The Kier molecular flexibility index (Phi) is 6.97. The highest BCUT2D eigenvalue weighted by molar-refractivity contribution is 5.92. The third kappa shape index (κ3) is 5.46. The SMILES string of the molecule is CCN(CC)Cc1ccc(C(=O)N[C@H](C)c2cccc(NC(C)=O)c2)o1. The molecule has 0 aliphatic carbocycles. The highest BCUT2D eigenvalue weighted by Crippen LogP contribution is 2.18. The van der Waals surface area contributed by atoms with Gasteiger partial charge in [0.2, 0.25) is 5.91 Å². The van der Waals surface area contributed by atoms with Crippen molar-refractivity contribution in [2.75, 3.05) is 18.4 Å². The molecule has 1 heterocycles. The molecular formula is C20H27N3O3. The number of hydrogen-bond donors (Lipinski definition) is 2. The van der Waals surface area contributed by atoms with Crippen LogP contribution in [0.4, 0.5) is 5.69 Å². The summed E-state index contributed by atoms with van der Waals surface area (Å²) in [5.41, 5.74) is 1.61. The molecule has 6 nitrogen and oxygen atoms in total. The number of carbonyl (C=O) groups is 2. The molecule has 1 aromatic heterocycles. The number of carbonyl (C=O) groups excluding carboxylic acids is 2. The minimum Gasteiger partial charge on any atom is -0.455 e. The molecule has 2 amide bonds. The van der Waals surface area contributed by atoms with Crippen molar-refractivity contribution in [3.8, 4) is 0 Å². The molecule has 6 heteroatoms. The van der Waals surface area contributed by atoms with Gasteiger partial charge in [0.25, 0.3) is 5.91 Å². The Labute approximate surface area is 154 Å². The molecule has 26 heavy (non-hydrogen) atoms. The van der Waals surface area contributed by atoms with Crippen LogP contribution in [0.25, 0.3) is 0 Å². The van der Waals surface area contributed by atoms with Crippen LogP contribution in [0, 0.1) is 0 Å². The number of nitrogens with one attached hydrogen (secondary N) is 2. The van der Waals surface area contributed by atoms with E-state index in [4.69, 9.17) is 4.42 Å². The Balaban J connectivity index is 2.01. The van der Waals surface area contributed by atoms with Gasteiger partial charge in [-0.15, -0.1) is 0 Å². The molecule has 0 fully saturated rings. The van der Waals surface area contributed by atoms with Gasteiger partial charge in [0.05, 0.1) is 12.6 Å². The lowest BCUT2D eigenvalue weighted by molar-refractivity contribution is -0.114. The first kappa shape index (κ1) is 19.7. The topological polar surface area (TPSA) is 74.6 Å². The predicted molar refractivity (Wildman–Crippen MR) is 102 cm³/mol. The summed E-state index contributed by atoms with van der Waals surface area (Å²) in [5.74, 6) is 0.694. The summed E-state index contributed by atoms with van der Waals surface area (Å²) in [6.07, 6.45) is 0. The van der Waals surface area contributed by atoms with Crippen LogP contribution >= 0.6 is 0 Å². The quantitative estimate of drug-likeness (QED) is 0.757. The Hall–Kier alpha value is -2.60. The van der Waals surface area contributed by atoms with E-state index < -0.39 is 0 Å². The molecule has 0 saturated heterocycles. The molecule has 2 aromatic rings. The summed E-state index contributed by atoms with van der Waals surface area (Å²) in [4.78, 5) is 25.8. The van der Waals surface area contributed by atoms with E-state index in [9.17, 15) is 9.59 Å². The summed E-state index contributed by atoms with van der Waals surface area (Å²) in [6, 6.07) is 10.7. The molecular weight excluding hydrogens is 330 g/mol. The number of hydrogen-bond acceptors (Lipinski definition) is 4. The molecule has 0 saturated carbocycles. The van der Waals surface area contributed by atoms with Crippen molar-refractivity contribution in [3.63, 3.8) is 0 Å². The second kappa shape index (κ2) is 9.20. The van der Waals surface area contributed by atoms with Gasteiger partial charge in [0.15, 0.2) is 5.76 Å². The third-order valence-electron chi connectivity index (χ3n) is 4.21. The molecule has 0 aliphatic heterocycles. The lowest BCUT2D eigenvalue weighted by Crippen LogP contribution is -2.26. The molecule has 0 aliphatic rings. The molecule has 1 atom stereocenters. The zero-order chi connectivity index (χ0) is 19.1. The van der Waals surface area contributed by atoms with Crippen molar-refractivity contribution in [2.24, 2.45) is 0 Å². The highest BCUT2D eigenvalue weighted by Gasteiger charge is 2.16. The molecule has 2 N–H and O–H groups in total. The summed E-state index contributed by atoms with van der Waals surface area (Å²) in [7, 11) is 0. The highest BCUT2D eigenvalue weighted by atomic mass is 16.4. The van der Waals surface area contributed by atoms with Crippen LogP contribution in [0.5, 0.6) is 0 Å². The fraction of sp³-hybridized carbons (Fsp3) is 0.400. The predicted octanol–water partition coefficient (Wildman–Crippen LogP) is 3.57. The standard InChI is InChI=1S/C20H27N3O3/c1-5-23(6-2)13-18-10-11-19(26-18)20(25)21-14(3)16-8-7-9-17(12-16)22-15(4)24/h7-12,14H,5-6,13H2,1-4H3,(H,21,25)(H,22,24)/t14-/m1/s1. The van der Waals surface area contributed by atoms with E-state index in [1.807, 2.05) is 37.3 Å². The van der Waals surface area contributed by atoms with Gasteiger partial charge < -0.3 is 15.1 Å². The van der Waals surface area contributed by atoms with E-state index in [-0.39, 0.29) is 17.9 Å². The van der Waals surface area contributed by atoms with Crippen LogP contribution in [-0.2, 0) is 11.3 Å². The number of amides is 2. The summed E-state index contributed by atoms with van der Waals surface area (Å²) < 4.78 is 5.68. The molecule has 0 spiro atoms. The van der Waals surface area contributed by atoms with Gasteiger partial charge >= 0.3 is 0 Å². The van der Waals surface area contributed by atoms with Crippen molar-refractivity contribution in [2.45, 2.75) is 40.3 Å². The van der Waals surface area contributed by atoms with Crippen LogP contribution in [0.3, 0.4) is 0 Å². The molecule has 0 radical (unpaired) electrons. The number of benzene rings is 1. The van der Waals surface area contributed by atoms with E-state index in [2.05, 4.69) is 29.4 Å². The van der Waals surface area contributed by atoms with Gasteiger partial charge in [-0.3, -0.25) is 14.5 Å². The molecule has 1 aromatic carbocycles. The first-order chi connectivity index (χ1) is 12.4. The largest absolute Gasteiger partial charge is 0.455 e. The Bertz CT molecular complexity index is 750. The third-order valence-corrected chi connectivity index (χ3v) is 4.21. The minimum absolute atomic E-state index is 0.129. The number of furan rings is 1. The van der Waals surface area contributed by atoms with Crippen molar-refractivity contribution in [1.29, 1.82) is 0 Å². The first-order valence-corrected chi connectivity index (χ1v) is 8.92. The zero-order valence-electron chi connectivity index (χ0n) is 15.8. The maximum atomic E-state index is 12.4. The average molecular weight is 357 g/mol. The van der Waals surface area contributed by atoms with Crippen molar-refractivity contribution in [3.05, 3.63) is 53.5 Å². The van der Waals surface area contributed by atoms with Gasteiger partial charge in [0, 0.05) is 12.6 Å². The fourth-order valence-corrected chi connectivity index (χ4v) is 2.69. The molecule has 140 valence electrons. The Morgan fingerprint density at radius 2 is 1.88 bits per heavy atom. The Morgan fingerprint density at radius 3 is 2.54 bits per heavy atom. The minimum atomic E-state index is -0.256. The van der Waals surface area contributed by atoms with Crippen LogP contribution < -0.4 is 10.6 Å². The maximum absolute atomic E-state index is 12.4. The van der Waals surface area contributed by atoms with E-state index in [0.29, 0.717) is 18.0 Å². The van der Waals surface area contributed by atoms with Crippen LogP contribution in [0.1, 0.15) is 55.6 Å². The van der Waals surface area contributed by atoms with Crippen molar-refractivity contribution < 1.29 is 14.0 Å². The Morgan fingerprint density at radius 1 is 1.15 bits per heavy atom. The van der Waals surface area contributed by atoms with Gasteiger partial charge in [0.1, 0.15) is 5.76 Å². The number of anilines is 1. The monoisotopic (exact) mass is 357 g/mol. The van der Waals surface area contributed by atoms with E-state index in [0.717, 1.165) is 24.4 Å². The second-order valence-corrected chi connectivity index (χ2v) is 6.23. The van der Waals surface area contributed by atoms with Gasteiger partial charge in [-0.1, -0.05) is 26.0 Å².